The summed E-state index contributed by atoms with van der Waals surface area (Å²) in [6.45, 7) is 0. The molecule has 0 saturated heterocycles. The molecule has 0 aliphatic rings. The maximum absolute atomic E-state index is 10.2. The van der Waals surface area contributed by atoms with Crippen molar-refractivity contribution in [2.75, 3.05) is 7.11 Å². The van der Waals surface area contributed by atoms with Crippen LogP contribution in [0.5, 0.6) is 11.5 Å². The molecule has 0 amide bonds. The molecule has 16 heavy (non-hydrogen) atoms. The molecule has 1 aromatic rings. The molecule has 0 heterocycles. The molecule has 0 radical (unpaired) electrons. The number of nitrogens with two attached hydrogens (primary N) is 2. The fourth-order valence-corrected chi connectivity index (χ4v) is 0.768. The number of methoxy groups -OCH3 is 1. The van der Waals surface area contributed by atoms with Gasteiger partial charge < -0.3 is 21.0 Å². The Bertz CT molecular complexity index is 371. The highest BCUT2D eigenvalue weighted by Gasteiger charge is 2.00. The minimum atomic E-state index is 0.0399. The number of aldehydes is 1. The summed E-state index contributed by atoms with van der Waals surface area (Å²) in [5.41, 5.74) is 7.31. The number of hydrogen-bond acceptors (Lipinski definition) is 5. The van der Waals surface area contributed by atoms with Gasteiger partial charge in [-0.2, -0.15) is 0 Å². The van der Waals surface area contributed by atoms with Crippen molar-refractivity contribution in [1.29, 1.82) is 0 Å². The average Bonchev–Trinajstić information content (AvgIpc) is 2.30. The number of aromatic hydroxyl groups is 1. The van der Waals surface area contributed by atoms with E-state index in [9.17, 15) is 4.79 Å². The van der Waals surface area contributed by atoms with E-state index in [0.717, 1.165) is 0 Å². The van der Waals surface area contributed by atoms with E-state index in [-0.39, 0.29) is 10.9 Å². The van der Waals surface area contributed by atoms with Gasteiger partial charge in [0.05, 0.1) is 7.11 Å². The Hall–Kier alpha value is -1.86. The Morgan fingerprint density at radius 3 is 2.56 bits per heavy atom. The number of carbonyl (C=O) groups excluding carboxylic acids is 1. The number of nitrogens with one attached hydrogen (secondary N) is 1. The fourth-order valence-electron chi connectivity index (χ4n) is 0.768. The number of phenolic OH excluding ortho intramolecular Hbond substituents is 1. The summed E-state index contributed by atoms with van der Waals surface area (Å²) in [6.07, 6.45) is 0.696. The van der Waals surface area contributed by atoms with Gasteiger partial charge in [-0.25, -0.2) is 5.84 Å². The average molecular weight is 243 g/mol. The van der Waals surface area contributed by atoms with Crippen molar-refractivity contribution in [3.05, 3.63) is 23.8 Å². The Morgan fingerprint density at radius 1 is 1.62 bits per heavy atom. The van der Waals surface area contributed by atoms with Crippen molar-refractivity contribution in [1.82, 2.24) is 5.43 Å². The highest BCUT2D eigenvalue weighted by Crippen LogP contribution is 2.25. The maximum atomic E-state index is 10.2. The van der Waals surface area contributed by atoms with Crippen molar-refractivity contribution < 1.29 is 14.6 Å². The smallest absolute Gasteiger partial charge is 0.177 e. The molecule has 6 nitrogen and oxygen atoms in total. The summed E-state index contributed by atoms with van der Waals surface area (Å²) in [6, 6.07) is 4.41. The lowest BCUT2D eigenvalue weighted by Gasteiger charge is -2.01. The lowest BCUT2D eigenvalue weighted by Crippen LogP contribution is -2.34. The number of hydrogen-bond donors (Lipinski definition) is 4. The van der Waals surface area contributed by atoms with Gasteiger partial charge in [0.25, 0.3) is 0 Å². The van der Waals surface area contributed by atoms with Crippen LogP contribution in [0.3, 0.4) is 0 Å². The van der Waals surface area contributed by atoms with Crippen LogP contribution in [-0.2, 0) is 0 Å². The van der Waals surface area contributed by atoms with E-state index in [1.807, 2.05) is 5.43 Å². The molecule has 1 aromatic carbocycles. The molecule has 1 rings (SSSR count). The van der Waals surface area contributed by atoms with Crippen LogP contribution in [0.2, 0.25) is 0 Å². The van der Waals surface area contributed by atoms with Crippen LogP contribution < -0.4 is 21.7 Å². The van der Waals surface area contributed by atoms with Crippen molar-refractivity contribution in [2.45, 2.75) is 0 Å². The van der Waals surface area contributed by atoms with Gasteiger partial charge in [0.15, 0.2) is 16.6 Å². The normalized spacial score (nSPS) is 8.38. The highest BCUT2D eigenvalue weighted by atomic mass is 32.1. The second-order valence-electron chi connectivity index (χ2n) is 2.56. The van der Waals surface area contributed by atoms with Crippen LogP contribution in [0, 0.1) is 0 Å². The maximum Gasteiger partial charge on any atom is 0.177 e. The van der Waals surface area contributed by atoms with Gasteiger partial charge in [-0.1, -0.05) is 0 Å². The highest BCUT2D eigenvalue weighted by molar-refractivity contribution is 7.80. The van der Waals surface area contributed by atoms with Crippen LogP contribution in [0.4, 0.5) is 0 Å². The van der Waals surface area contributed by atoms with E-state index in [0.29, 0.717) is 17.6 Å². The van der Waals surface area contributed by atoms with E-state index in [4.69, 9.17) is 15.6 Å². The summed E-state index contributed by atoms with van der Waals surface area (Å²) in [5, 5.41) is 9.21. The first kappa shape index (κ1) is 14.1. The van der Waals surface area contributed by atoms with Crippen molar-refractivity contribution in [2.24, 2.45) is 11.6 Å². The lowest BCUT2D eigenvalue weighted by molar-refractivity contribution is 0.112. The second-order valence-corrected chi connectivity index (χ2v) is 3.00. The molecule has 7 heteroatoms. The van der Waals surface area contributed by atoms with E-state index < -0.39 is 0 Å². The molecular formula is C9H13N3O3S. The topological polar surface area (TPSA) is 111 Å². The van der Waals surface area contributed by atoms with Gasteiger partial charge in [-0.05, 0) is 30.4 Å². The van der Waals surface area contributed by atoms with Crippen molar-refractivity contribution in [3.8, 4) is 11.5 Å². The molecule has 0 spiro atoms. The standard InChI is InChI=1S/C8H8O3.CH5N3S/c1-11-8-4-6(5-9)2-3-7(8)10;2-1(5)4-3/h2-5,10H,1H3;3H2,(H3,2,4,5). The number of thiocarbonyl (C=S) groups is 1. The summed E-state index contributed by atoms with van der Waals surface area (Å²) < 4.78 is 4.78. The number of hydrazine groups is 1. The molecule has 88 valence electrons. The van der Waals surface area contributed by atoms with Crippen LogP contribution in [0.15, 0.2) is 18.2 Å². The fraction of sp³-hybridized carbons (Fsp3) is 0.111. The third-order valence-electron chi connectivity index (χ3n) is 1.48. The molecule has 0 bridgehead atoms. The van der Waals surface area contributed by atoms with Gasteiger partial charge in [-0.3, -0.25) is 4.79 Å². The largest absolute Gasteiger partial charge is 0.504 e. The van der Waals surface area contributed by atoms with Crippen LogP contribution in [-0.4, -0.2) is 23.6 Å². The van der Waals surface area contributed by atoms with E-state index in [1.54, 1.807) is 0 Å². The minimum Gasteiger partial charge on any atom is -0.504 e. The quantitative estimate of drug-likeness (QED) is 0.248. The SMILES string of the molecule is COc1cc(C=O)ccc1O.NNC(N)=S. The second kappa shape index (κ2) is 7.43. The van der Waals surface area contributed by atoms with Crippen LogP contribution >= 0.6 is 12.2 Å². The zero-order valence-electron chi connectivity index (χ0n) is 8.64. The zero-order valence-corrected chi connectivity index (χ0v) is 9.45. The first-order valence-electron chi connectivity index (χ1n) is 4.13. The summed E-state index contributed by atoms with van der Waals surface area (Å²) >= 11 is 4.24. The summed E-state index contributed by atoms with van der Waals surface area (Å²) in [7, 11) is 1.43. The first-order valence-corrected chi connectivity index (χ1v) is 4.54. The Balaban J connectivity index is 0.000000385. The van der Waals surface area contributed by atoms with Gasteiger partial charge in [0, 0.05) is 5.56 Å². The number of benzene rings is 1. The molecule has 0 saturated carbocycles. The molecule has 0 aliphatic heterocycles. The Morgan fingerprint density at radius 2 is 2.19 bits per heavy atom. The van der Waals surface area contributed by atoms with Crippen molar-refractivity contribution >= 4 is 23.6 Å². The molecule has 0 atom stereocenters. The van der Waals surface area contributed by atoms with Crippen LogP contribution in [0.1, 0.15) is 10.4 Å². The van der Waals surface area contributed by atoms with Crippen LogP contribution in [0.25, 0.3) is 0 Å². The van der Waals surface area contributed by atoms with Crippen molar-refractivity contribution in [3.63, 3.8) is 0 Å². The Kier molecular flexibility index (Phi) is 6.57. The molecule has 0 fully saturated rings. The molecule has 0 unspecified atom stereocenters. The first-order chi connectivity index (χ1) is 7.54. The number of rotatable bonds is 2. The van der Waals surface area contributed by atoms with Gasteiger partial charge in [0.1, 0.15) is 6.29 Å². The lowest BCUT2D eigenvalue weighted by atomic mass is 10.2. The zero-order chi connectivity index (χ0) is 12.6. The van der Waals surface area contributed by atoms with Gasteiger partial charge in [-0.15, -0.1) is 0 Å². The number of ether oxygens (including phenoxy) is 1. The molecule has 0 aromatic heterocycles. The van der Waals surface area contributed by atoms with Gasteiger partial charge in [0.2, 0.25) is 0 Å². The van der Waals surface area contributed by atoms with E-state index in [2.05, 4.69) is 18.1 Å². The number of phenols is 1. The monoisotopic (exact) mass is 243 g/mol. The third-order valence-corrected chi connectivity index (χ3v) is 1.60. The summed E-state index contributed by atoms with van der Waals surface area (Å²) in [4.78, 5) is 10.2. The predicted octanol–water partition coefficient (Wildman–Crippen LogP) is -0.0934. The predicted molar refractivity (Wildman–Crippen MR) is 64.2 cm³/mol. The molecule has 6 N–H and O–H groups in total. The summed E-state index contributed by atoms with van der Waals surface area (Å²) in [5.74, 6) is 5.01. The molecule has 0 aliphatic carbocycles. The number of carbonyl (C=O) groups is 1. The van der Waals surface area contributed by atoms with E-state index >= 15 is 0 Å². The third kappa shape index (κ3) is 5.13. The molecular weight excluding hydrogens is 230 g/mol. The Labute approximate surface area is 98.2 Å². The van der Waals surface area contributed by atoms with Gasteiger partial charge >= 0.3 is 0 Å². The van der Waals surface area contributed by atoms with E-state index in [1.165, 1.54) is 25.3 Å². The minimum absolute atomic E-state index is 0.0399.